The minimum atomic E-state index is -0.308. The number of rotatable bonds is 4. The maximum atomic E-state index is 11.9. The van der Waals surface area contributed by atoms with Gasteiger partial charge < -0.3 is 4.74 Å². The van der Waals surface area contributed by atoms with Gasteiger partial charge in [0.2, 0.25) is 0 Å². The first-order valence-electron chi connectivity index (χ1n) is 7.85. The van der Waals surface area contributed by atoms with Crippen LogP contribution in [0.15, 0.2) is 42.5 Å². The molecule has 1 saturated heterocycles. The Labute approximate surface area is 129 Å². The molecule has 4 unspecified atom stereocenters. The Balaban J connectivity index is 1.46. The highest BCUT2D eigenvalue weighted by atomic mass is 16.6. The van der Waals surface area contributed by atoms with Crippen molar-refractivity contribution >= 4 is 18.0 Å². The van der Waals surface area contributed by atoms with E-state index >= 15 is 0 Å². The zero-order valence-corrected chi connectivity index (χ0v) is 12.3. The van der Waals surface area contributed by atoms with Crippen LogP contribution in [0.1, 0.15) is 24.0 Å². The molecule has 3 heteroatoms. The number of allylic oxidation sites excluding steroid dienone is 2. The van der Waals surface area contributed by atoms with Crippen LogP contribution in [0, 0.1) is 23.7 Å². The molecule has 4 atom stereocenters. The van der Waals surface area contributed by atoms with Crippen molar-refractivity contribution in [3.8, 4) is 0 Å². The van der Waals surface area contributed by atoms with Crippen LogP contribution in [0.3, 0.4) is 0 Å². The third-order valence-corrected chi connectivity index (χ3v) is 5.38. The van der Waals surface area contributed by atoms with Gasteiger partial charge in [-0.05, 0) is 42.2 Å². The molecular weight excluding hydrogens is 276 g/mol. The third kappa shape index (κ3) is 1.96. The summed E-state index contributed by atoms with van der Waals surface area (Å²) in [5.41, 5.74) is 3.75. The van der Waals surface area contributed by atoms with Crippen LogP contribution in [0.25, 0.3) is 6.08 Å². The van der Waals surface area contributed by atoms with Crippen molar-refractivity contribution in [3.63, 3.8) is 0 Å². The Morgan fingerprint density at radius 2 is 1.82 bits per heavy atom. The summed E-state index contributed by atoms with van der Waals surface area (Å²) in [6.45, 7) is 3.76. The number of carbonyl (C=O) groups excluding carboxylic acids is 2. The van der Waals surface area contributed by atoms with Crippen molar-refractivity contribution in [1.29, 1.82) is 0 Å². The molecular formula is C19H18O3. The molecule has 0 radical (unpaired) electrons. The Kier molecular flexibility index (Phi) is 3.03. The zero-order chi connectivity index (χ0) is 15.3. The average Bonchev–Trinajstić information content (AvgIpc) is 3.18. The largest absolute Gasteiger partial charge is 0.393 e. The predicted octanol–water partition coefficient (Wildman–Crippen LogP) is 3.15. The molecule has 1 saturated carbocycles. The van der Waals surface area contributed by atoms with Gasteiger partial charge in [-0.1, -0.05) is 48.6 Å². The molecule has 1 aliphatic heterocycles. The molecule has 1 aromatic carbocycles. The maximum Gasteiger partial charge on any atom is 0.318 e. The monoisotopic (exact) mass is 294 g/mol. The molecule has 3 aliphatic rings. The zero-order valence-electron chi connectivity index (χ0n) is 12.3. The van der Waals surface area contributed by atoms with Crippen LogP contribution in [0.2, 0.25) is 0 Å². The van der Waals surface area contributed by atoms with E-state index in [4.69, 9.17) is 4.74 Å². The van der Waals surface area contributed by atoms with E-state index in [2.05, 4.69) is 36.9 Å². The van der Waals surface area contributed by atoms with Crippen LogP contribution in [-0.2, 0) is 20.7 Å². The normalized spacial score (nSPS) is 31.9. The smallest absolute Gasteiger partial charge is 0.318 e. The minimum absolute atomic E-state index is 0.201. The molecule has 2 bridgehead atoms. The molecule has 22 heavy (non-hydrogen) atoms. The number of cyclic esters (lactones) is 2. The first kappa shape index (κ1) is 13.5. The van der Waals surface area contributed by atoms with E-state index in [0.717, 1.165) is 24.8 Å². The first-order valence-corrected chi connectivity index (χ1v) is 7.85. The summed E-state index contributed by atoms with van der Waals surface area (Å²) in [5.74, 6) is -0.580. The minimum Gasteiger partial charge on any atom is -0.393 e. The molecule has 0 N–H and O–H groups in total. The highest BCUT2D eigenvalue weighted by molar-refractivity contribution is 5.98. The second-order valence-corrected chi connectivity index (χ2v) is 6.49. The Morgan fingerprint density at radius 1 is 1.09 bits per heavy atom. The number of hydrogen-bond acceptors (Lipinski definition) is 3. The number of hydrogen-bond donors (Lipinski definition) is 0. The Morgan fingerprint density at radius 3 is 2.55 bits per heavy atom. The fourth-order valence-electron chi connectivity index (χ4n) is 4.30. The molecule has 2 fully saturated rings. The number of carbonyl (C=O) groups is 2. The van der Waals surface area contributed by atoms with Crippen molar-refractivity contribution in [3.05, 3.63) is 53.6 Å². The van der Waals surface area contributed by atoms with Crippen molar-refractivity contribution in [1.82, 2.24) is 0 Å². The van der Waals surface area contributed by atoms with E-state index in [1.54, 1.807) is 0 Å². The van der Waals surface area contributed by atoms with Crippen LogP contribution < -0.4 is 0 Å². The number of fused-ring (bicyclic) bond motifs is 5. The topological polar surface area (TPSA) is 43.4 Å². The maximum absolute atomic E-state index is 11.9. The van der Waals surface area contributed by atoms with Gasteiger partial charge in [0.05, 0.1) is 11.8 Å². The second-order valence-electron chi connectivity index (χ2n) is 6.49. The molecule has 0 amide bonds. The number of aryl methyl sites for hydroxylation is 1. The summed E-state index contributed by atoms with van der Waals surface area (Å²) in [5, 5.41) is 0. The van der Waals surface area contributed by atoms with Crippen molar-refractivity contribution < 1.29 is 14.3 Å². The number of ether oxygens (including phenoxy) is 1. The molecule has 0 aromatic heterocycles. The van der Waals surface area contributed by atoms with E-state index in [-0.39, 0.29) is 35.6 Å². The molecule has 112 valence electrons. The second kappa shape index (κ2) is 4.94. The number of esters is 2. The standard InChI is InChI=1S/C19H18O3/c1-2-11-3-5-12(6-4-11)7-8-13-9-14-10-15(13)17-16(14)18(20)22-19(17)21/h2-6,9,14-17H,1,7-8,10H2. The van der Waals surface area contributed by atoms with Gasteiger partial charge in [0.15, 0.2) is 0 Å². The lowest BCUT2D eigenvalue weighted by molar-refractivity contribution is -0.154. The van der Waals surface area contributed by atoms with E-state index < -0.39 is 0 Å². The van der Waals surface area contributed by atoms with Gasteiger partial charge in [-0.15, -0.1) is 0 Å². The van der Waals surface area contributed by atoms with Gasteiger partial charge in [0, 0.05) is 0 Å². The summed E-state index contributed by atoms with van der Waals surface area (Å²) in [6, 6.07) is 8.39. The molecule has 1 aromatic rings. The van der Waals surface area contributed by atoms with E-state index in [1.807, 2.05) is 6.08 Å². The van der Waals surface area contributed by atoms with Gasteiger partial charge >= 0.3 is 11.9 Å². The Hall–Kier alpha value is -2.16. The SMILES string of the molecule is C=Cc1ccc(CCC2=CC3CC2C2C(=O)OC(=O)C32)cc1. The first-order chi connectivity index (χ1) is 10.7. The van der Waals surface area contributed by atoms with Gasteiger partial charge in [0.1, 0.15) is 0 Å². The summed E-state index contributed by atoms with van der Waals surface area (Å²) in [7, 11) is 0. The van der Waals surface area contributed by atoms with Gasteiger partial charge in [-0.2, -0.15) is 0 Å². The molecule has 1 heterocycles. The van der Waals surface area contributed by atoms with Gasteiger partial charge in [-0.3, -0.25) is 9.59 Å². The highest BCUT2D eigenvalue weighted by Crippen LogP contribution is 2.55. The molecule has 4 rings (SSSR count). The summed E-state index contributed by atoms with van der Waals surface area (Å²) in [6.07, 6.45) is 6.93. The lowest BCUT2D eigenvalue weighted by Gasteiger charge is -2.20. The van der Waals surface area contributed by atoms with Crippen molar-refractivity contribution in [2.45, 2.75) is 19.3 Å². The summed E-state index contributed by atoms with van der Waals surface area (Å²) in [4.78, 5) is 23.6. The van der Waals surface area contributed by atoms with Gasteiger partial charge in [0.25, 0.3) is 0 Å². The summed E-state index contributed by atoms with van der Waals surface area (Å²) < 4.78 is 4.83. The van der Waals surface area contributed by atoms with Crippen LogP contribution >= 0.6 is 0 Å². The lowest BCUT2D eigenvalue weighted by atomic mass is 9.79. The number of benzene rings is 1. The highest BCUT2D eigenvalue weighted by Gasteiger charge is 2.59. The van der Waals surface area contributed by atoms with Crippen molar-refractivity contribution in [2.24, 2.45) is 23.7 Å². The fraction of sp³-hybridized carbons (Fsp3) is 0.368. The van der Waals surface area contributed by atoms with Crippen molar-refractivity contribution in [2.75, 3.05) is 0 Å². The van der Waals surface area contributed by atoms with Crippen LogP contribution in [-0.4, -0.2) is 11.9 Å². The van der Waals surface area contributed by atoms with Crippen LogP contribution in [0.4, 0.5) is 0 Å². The predicted molar refractivity (Wildman–Crippen MR) is 82.6 cm³/mol. The summed E-state index contributed by atoms with van der Waals surface area (Å²) >= 11 is 0. The Bertz CT molecular complexity index is 683. The van der Waals surface area contributed by atoms with E-state index in [0.29, 0.717) is 0 Å². The molecule has 0 spiro atoms. The quantitative estimate of drug-likeness (QED) is 0.487. The fourth-order valence-corrected chi connectivity index (χ4v) is 4.30. The average molecular weight is 294 g/mol. The van der Waals surface area contributed by atoms with Crippen LogP contribution in [0.5, 0.6) is 0 Å². The molecule has 3 nitrogen and oxygen atoms in total. The van der Waals surface area contributed by atoms with E-state index in [9.17, 15) is 9.59 Å². The lowest BCUT2D eigenvalue weighted by Crippen LogP contribution is -2.24. The van der Waals surface area contributed by atoms with Gasteiger partial charge in [-0.25, -0.2) is 0 Å². The molecule has 2 aliphatic carbocycles. The third-order valence-electron chi connectivity index (χ3n) is 5.38. The van der Waals surface area contributed by atoms with E-state index in [1.165, 1.54) is 11.1 Å².